The van der Waals surface area contributed by atoms with E-state index in [9.17, 15) is 9.59 Å². The lowest BCUT2D eigenvalue weighted by atomic mass is 9.97. The van der Waals surface area contributed by atoms with Gasteiger partial charge in [-0.1, -0.05) is 23.2 Å². The number of alkyl halides is 2. The van der Waals surface area contributed by atoms with Crippen LogP contribution in [0.5, 0.6) is 0 Å². The maximum atomic E-state index is 15.1. The van der Waals surface area contributed by atoms with Gasteiger partial charge in [-0.3, -0.25) is 14.3 Å². The van der Waals surface area contributed by atoms with Crippen molar-refractivity contribution in [1.82, 2.24) is 20.0 Å². The summed E-state index contributed by atoms with van der Waals surface area (Å²) in [6.07, 6.45) is 0.349. The van der Waals surface area contributed by atoms with Crippen LogP contribution in [0.1, 0.15) is 47.1 Å². The van der Waals surface area contributed by atoms with E-state index in [1.165, 1.54) is 17.7 Å². The largest absolute Gasteiger partial charge is 0.356 e. The van der Waals surface area contributed by atoms with E-state index in [2.05, 4.69) is 10.4 Å². The minimum atomic E-state index is -3.05. The topological polar surface area (TPSA) is 67.2 Å². The van der Waals surface area contributed by atoms with Crippen molar-refractivity contribution in [1.29, 1.82) is 0 Å². The van der Waals surface area contributed by atoms with Gasteiger partial charge in [0.2, 0.25) is 5.91 Å². The number of aromatic nitrogens is 2. The molecule has 0 spiro atoms. The van der Waals surface area contributed by atoms with Crippen LogP contribution in [0.2, 0.25) is 10.0 Å². The lowest BCUT2D eigenvalue weighted by Gasteiger charge is -2.28. The van der Waals surface area contributed by atoms with E-state index in [1.807, 2.05) is 0 Å². The fourth-order valence-corrected chi connectivity index (χ4v) is 4.55. The van der Waals surface area contributed by atoms with Crippen LogP contribution in [0.15, 0.2) is 18.2 Å². The van der Waals surface area contributed by atoms with Gasteiger partial charge in [0.25, 0.3) is 11.8 Å². The number of hydrogen-bond donors (Lipinski definition) is 1. The highest BCUT2D eigenvalue weighted by Gasteiger charge is 2.43. The molecule has 2 aromatic rings. The molecule has 0 fully saturated rings. The lowest BCUT2D eigenvalue weighted by molar-refractivity contribution is -0.119. The molecule has 0 saturated carbocycles. The first-order valence-electron chi connectivity index (χ1n) is 10.1. The minimum absolute atomic E-state index is 0.0652. The number of rotatable bonds is 3. The number of halogens is 4. The monoisotopic (exact) mass is 470 g/mol. The zero-order valence-electron chi connectivity index (χ0n) is 16.9. The second-order valence-corrected chi connectivity index (χ2v) is 8.92. The molecule has 2 aliphatic heterocycles. The molecule has 6 nitrogen and oxygen atoms in total. The van der Waals surface area contributed by atoms with Crippen LogP contribution in [-0.4, -0.2) is 39.6 Å². The molecule has 0 radical (unpaired) electrons. The predicted molar refractivity (Wildman–Crippen MR) is 112 cm³/mol. The Labute approximate surface area is 188 Å². The molecular formula is C21H22Cl2F2N4O2. The fourth-order valence-electron chi connectivity index (χ4n) is 4.25. The molecule has 1 unspecified atom stereocenters. The van der Waals surface area contributed by atoms with E-state index < -0.39 is 5.92 Å². The molecule has 4 rings (SSSR count). The molecule has 0 aliphatic carbocycles. The summed E-state index contributed by atoms with van der Waals surface area (Å²) in [5, 5.41) is 7.78. The summed E-state index contributed by atoms with van der Waals surface area (Å²) in [6, 6.07) is 4.61. The Balaban J connectivity index is 1.61. The molecule has 1 aromatic heterocycles. The summed E-state index contributed by atoms with van der Waals surface area (Å²) in [5.41, 5.74) is 1.27. The molecule has 2 aliphatic rings. The lowest BCUT2D eigenvalue weighted by Crippen LogP contribution is -2.36. The van der Waals surface area contributed by atoms with Gasteiger partial charge in [-0.05, 0) is 30.5 Å². The van der Waals surface area contributed by atoms with Crippen LogP contribution >= 0.6 is 23.2 Å². The third-order valence-corrected chi connectivity index (χ3v) is 6.58. The summed E-state index contributed by atoms with van der Waals surface area (Å²) < 4.78 is 31.6. The van der Waals surface area contributed by atoms with Crippen LogP contribution in [-0.2, 0) is 30.2 Å². The highest BCUT2D eigenvalue weighted by molar-refractivity contribution is 6.42. The van der Waals surface area contributed by atoms with Crippen molar-refractivity contribution in [3.63, 3.8) is 0 Å². The number of fused-ring (bicyclic) bond motifs is 3. The number of benzene rings is 1. The molecule has 166 valence electrons. The highest BCUT2D eigenvalue weighted by atomic mass is 35.5. The Morgan fingerprint density at radius 1 is 1.29 bits per heavy atom. The van der Waals surface area contributed by atoms with Gasteiger partial charge in [-0.25, -0.2) is 0 Å². The van der Waals surface area contributed by atoms with Crippen LogP contribution in [0, 0.1) is 5.92 Å². The van der Waals surface area contributed by atoms with Gasteiger partial charge in [0.1, 0.15) is 5.69 Å². The Kier molecular flexibility index (Phi) is 5.96. The Morgan fingerprint density at radius 3 is 2.77 bits per heavy atom. The second-order valence-electron chi connectivity index (χ2n) is 8.11. The summed E-state index contributed by atoms with van der Waals surface area (Å²) in [7, 11) is 0. The SMILES string of the molecule is CC(=O)NCC1CCC(F)(F)c2c3c(nn2C1)CCN(C(=O)c1ccc(Cl)c(Cl)c1)C3. The molecule has 3 heterocycles. The number of carbonyl (C=O) groups is 2. The molecule has 0 bridgehead atoms. The predicted octanol–water partition coefficient (Wildman–Crippen LogP) is 4.03. The van der Waals surface area contributed by atoms with E-state index in [1.54, 1.807) is 17.0 Å². The smallest absolute Gasteiger partial charge is 0.289 e. The van der Waals surface area contributed by atoms with Crippen molar-refractivity contribution in [3.8, 4) is 0 Å². The summed E-state index contributed by atoms with van der Waals surface area (Å²) in [5.74, 6) is -3.66. The van der Waals surface area contributed by atoms with Crippen molar-refractivity contribution < 1.29 is 18.4 Å². The Bertz CT molecular complexity index is 1040. The Morgan fingerprint density at radius 2 is 2.06 bits per heavy atom. The average Bonchev–Trinajstić information content (AvgIpc) is 3.03. The fraction of sp³-hybridized carbons (Fsp3) is 0.476. The van der Waals surface area contributed by atoms with E-state index in [0.29, 0.717) is 47.9 Å². The number of nitrogens with zero attached hydrogens (tertiary/aromatic N) is 3. The van der Waals surface area contributed by atoms with E-state index >= 15 is 8.78 Å². The molecule has 1 aromatic carbocycles. The van der Waals surface area contributed by atoms with Gasteiger partial charge in [0.05, 0.1) is 15.7 Å². The van der Waals surface area contributed by atoms with Gasteiger partial charge in [0, 0.05) is 57.1 Å². The molecule has 10 heteroatoms. The van der Waals surface area contributed by atoms with Gasteiger partial charge in [0.15, 0.2) is 0 Å². The van der Waals surface area contributed by atoms with E-state index in [0.717, 1.165) is 0 Å². The third kappa shape index (κ3) is 4.41. The van der Waals surface area contributed by atoms with E-state index in [4.69, 9.17) is 23.2 Å². The molecule has 31 heavy (non-hydrogen) atoms. The van der Waals surface area contributed by atoms with Crippen molar-refractivity contribution >= 4 is 35.0 Å². The van der Waals surface area contributed by atoms with Gasteiger partial charge in [-0.15, -0.1) is 0 Å². The van der Waals surface area contributed by atoms with Gasteiger partial charge in [-0.2, -0.15) is 13.9 Å². The molecule has 2 amide bonds. The third-order valence-electron chi connectivity index (χ3n) is 5.84. The Hall–Kier alpha value is -2.19. The first-order valence-corrected chi connectivity index (χ1v) is 10.9. The van der Waals surface area contributed by atoms with Crippen LogP contribution in [0.3, 0.4) is 0 Å². The quantitative estimate of drug-likeness (QED) is 0.736. The number of hydrogen-bond acceptors (Lipinski definition) is 3. The van der Waals surface area contributed by atoms with E-state index in [-0.39, 0.29) is 47.8 Å². The minimum Gasteiger partial charge on any atom is -0.356 e. The zero-order valence-corrected chi connectivity index (χ0v) is 18.4. The molecule has 1 atom stereocenters. The van der Waals surface area contributed by atoms with Gasteiger partial charge >= 0.3 is 0 Å². The van der Waals surface area contributed by atoms with Gasteiger partial charge < -0.3 is 10.2 Å². The number of carbonyl (C=O) groups excluding carboxylic acids is 2. The zero-order chi connectivity index (χ0) is 22.3. The summed E-state index contributed by atoms with van der Waals surface area (Å²) in [4.78, 5) is 25.7. The maximum Gasteiger partial charge on any atom is 0.289 e. The summed E-state index contributed by atoms with van der Waals surface area (Å²) >= 11 is 12.0. The molecular weight excluding hydrogens is 449 g/mol. The van der Waals surface area contributed by atoms with Crippen LogP contribution in [0.4, 0.5) is 8.78 Å². The number of amides is 2. The first-order chi connectivity index (χ1) is 14.7. The number of nitrogens with one attached hydrogen (secondary N) is 1. The van der Waals surface area contributed by atoms with Crippen LogP contribution in [0.25, 0.3) is 0 Å². The summed E-state index contributed by atoms with van der Waals surface area (Å²) in [6.45, 7) is 2.48. The highest BCUT2D eigenvalue weighted by Crippen LogP contribution is 2.41. The van der Waals surface area contributed by atoms with Crippen molar-refractivity contribution in [3.05, 3.63) is 50.8 Å². The van der Waals surface area contributed by atoms with Crippen molar-refractivity contribution in [2.45, 2.75) is 45.2 Å². The second kappa shape index (κ2) is 8.39. The molecule has 1 N–H and O–H groups in total. The maximum absolute atomic E-state index is 15.1. The normalized spacial score (nSPS) is 19.9. The van der Waals surface area contributed by atoms with Crippen molar-refractivity contribution in [2.24, 2.45) is 5.92 Å². The van der Waals surface area contributed by atoms with Crippen LogP contribution < -0.4 is 5.32 Å². The average molecular weight is 471 g/mol. The molecule has 0 saturated heterocycles. The standard InChI is InChI=1S/C21H22Cl2F2N4O2/c1-12(30)26-9-13-4-6-21(24,25)19-15-11-28(7-5-18(15)27-29(19)10-13)20(31)14-2-3-16(22)17(23)8-14/h2-3,8,13H,4-7,9-11H2,1H3,(H,26,30). The first kappa shape index (κ1) is 22.0. The van der Waals surface area contributed by atoms with Crippen molar-refractivity contribution in [2.75, 3.05) is 13.1 Å².